The normalized spacial score (nSPS) is 10.5. The molecule has 0 saturated carbocycles. The van der Waals surface area contributed by atoms with E-state index in [9.17, 15) is 9.18 Å². The average molecular weight is 278 g/mol. The molecule has 0 unspecified atom stereocenters. The van der Waals surface area contributed by atoms with Crippen LogP contribution in [0.4, 0.5) is 4.39 Å². The summed E-state index contributed by atoms with van der Waals surface area (Å²) in [5.74, 6) is 0.111. The van der Waals surface area contributed by atoms with E-state index < -0.39 is 0 Å². The van der Waals surface area contributed by atoms with Crippen LogP contribution in [-0.2, 0) is 16.1 Å². The molecule has 1 aromatic heterocycles. The van der Waals surface area contributed by atoms with Gasteiger partial charge in [-0.3, -0.25) is 9.63 Å². The molecule has 0 saturated heterocycles. The zero-order chi connectivity index (χ0) is 14.4. The van der Waals surface area contributed by atoms with Crippen LogP contribution in [0.1, 0.15) is 19.2 Å². The molecule has 0 radical (unpaired) electrons. The molecule has 2 rings (SSSR count). The fourth-order valence-electron chi connectivity index (χ4n) is 1.64. The second kappa shape index (κ2) is 6.81. The number of hydroxylamine groups is 1. The summed E-state index contributed by atoms with van der Waals surface area (Å²) >= 11 is 0. The van der Waals surface area contributed by atoms with Gasteiger partial charge in [-0.15, -0.1) is 0 Å². The number of nitrogens with zero attached hydrogens (tertiary/aromatic N) is 1. The first-order chi connectivity index (χ1) is 9.70. The molecule has 0 bridgehead atoms. The van der Waals surface area contributed by atoms with Crippen molar-refractivity contribution < 1.29 is 18.4 Å². The Kier molecular flexibility index (Phi) is 4.84. The average Bonchev–Trinajstić information content (AvgIpc) is 2.92. The van der Waals surface area contributed by atoms with E-state index in [1.54, 1.807) is 25.1 Å². The summed E-state index contributed by atoms with van der Waals surface area (Å²) in [5.41, 5.74) is 2.63. The summed E-state index contributed by atoms with van der Waals surface area (Å²) in [5, 5.41) is 0. The van der Waals surface area contributed by atoms with Crippen LogP contribution in [0, 0.1) is 5.82 Å². The lowest BCUT2D eigenvalue weighted by Gasteiger charge is -2.01. The molecule has 6 heteroatoms. The van der Waals surface area contributed by atoms with Gasteiger partial charge in [0, 0.05) is 12.8 Å². The lowest BCUT2D eigenvalue weighted by Crippen LogP contribution is -2.23. The van der Waals surface area contributed by atoms with Crippen LogP contribution in [-0.4, -0.2) is 17.5 Å². The Balaban J connectivity index is 1.96. The van der Waals surface area contributed by atoms with Gasteiger partial charge in [-0.05, 0) is 19.1 Å². The summed E-state index contributed by atoms with van der Waals surface area (Å²) in [4.78, 5) is 20.1. The Hall–Kier alpha value is -2.21. The van der Waals surface area contributed by atoms with Gasteiger partial charge < -0.3 is 4.42 Å². The first kappa shape index (κ1) is 14.2. The maximum atomic E-state index is 13.6. The maximum Gasteiger partial charge on any atom is 0.244 e. The van der Waals surface area contributed by atoms with Gasteiger partial charge in [0.15, 0.2) is 11.7 Å². The molecule has 2 aromatic rings. The molecule has 0 aliphatic heterocycles. The zero-order valence-corrected chi connectivity index (χ0v) is 11.1. The van der Waals surface area contributed by atoms with Gasteiger partial charge in [0.05, 0.1) is 18.4 Å². The number of carbonyl (C=O) groups is 1. The number of carbonyl (C=O) groups excluding carboxylic acids is 1. The number of amides is 1. The first-order valence-corrected chi connectivity index (χ1v) is 6.31. The number of rotatable bonds is 6. The molecular weight excluding hydrogens is 263 g/mol. The summed E-state index contributed by atoms with van der Waals surface area (Å²) in [6.45, 7) is 2.18. The van der Waals surface area contributed by atoms with Crippen molar-refractivity contribution >= 4 is 5.91 Å². The monoisotopic (exact) mass is 278 g/mol. The van der Waals surface area contributed by atoms with Crippen molar-refractivity contribution in [3.63, 3.8) is 0 Å². The van der Waals surface area contributed by atoms with Gasteiger partial charge in [-0.25, -0.2) is 14.9 Å². The van der Waals surface area contributed by atoms with E-state index in [0.717, 1.165) is 0 Å². The van der Waals surface area contributed by atoms with E-state index in [1.807, 2.05) is 0 Å². The Morgan fingerprint density at radius 3 is 3.00 bits per heavy atom. The molecule has 1 heterocycles. The van der Waals surface area contributed by atoms with Gasteiger partial charge in [0.2, 0.25) is 5.91 Å². The number of nitrogens with one attached hydrogen (secondary N) is 1. The summed E-state index contributed by atoms with van der Waals surface area (Å²) < 4.78 is 19.0. The van der Waals surface area contributed by atoms with Gasteiger partial charge in [-0.2, -0.15) is 0 Å². The number of aromatic nitrogens is 1. The highest BCUT2D eigenvalue weighted by molar-refractivity contribution is 5.74. The van der Waals surface area contributed by atoms with Gasteiger partial charge >= 0.3 is 0 Å². The molecule has 20 heavy (non-hydrogen) atoms. The van der Waals surface area contributed by atoms with Crippen molar-refractivity contribution in [2.75, 3.05) is 6.61 Å². The van der Waals surface area contributed by atoms with Crippen molar-refractivity contribution in [3.8, 4) is 11.3 Å². The highest BCUT2D eigenvalue weighted by Crippen LogP contribution is 2.23. The quantitative estimate of drug-likeness (QED) is 0.824. The predicted molar refractivity (Wildman–Crippen MR) is 70.0 cm³/mol. The summed E-state index contributed by atoms with van der Waals surface area (Å²) in [6.07, 6.45) is 1.97. The number of oxazole rings is 1. The molecule has 0 fully saturated rings. The standard InChI is InChI=1S/C14H15FN2O3/c1-2-19-17-13(18)7-8-14-16-9-12(20-14)10-5-3-4-6-11(10)15/h3-6,9H,2,7-8H2,1H3,(H,17,18). The minimum absolute atomic E-state index is 0.192. The molecule has 5 nitrogen and oxygen atoms in total. The van der Waals surface area contributed by atoms with Crippen molar-refractivity contribution in [2.24, 2.45) is 0 Å². The van der Waals surface area contributed by atoms with Gasteiger partial charge in [-0.1, -0.05) is 12.1 Å². The summed E-state index contributed by atoms with van der Waals surface area (Å²) in [7, 11) is 0. The van der Waals surface area contributed by atoms with E-state index in [1.165, 1.54) is 12.3 Å². The Labute approximate surface area is 115 Å². The number of hydrogen-bond acceptors (Lipinski definition) is 4. The fourth-order valence-corrected chi connectivity index (χ4v) is 1.64. The minimum atomic E-state index is -0.371. The van der Waals surface area contributed by atoms with Crippen molar-refractivity contribution in [3.05, 3.63) is 42.2 Å². The number of hydrogen-bond donors (Lipinski definition) is 1. The molecule has 1 amide bonds. The van der Waals surface area contributed by atoms with Gasteiger partial charge in [0.25, 0.3) is 0 Å². The Morgan fingerprint density at radius 2 is 2.25 bits per heavy atom. The molecule has 1 N–H and O–H groups in total. The molecule has 0 aliphatic carbocycles. The second-order valence-corrected chi connectivity index (χ2v) is 4.06. The Bertz CT molecular complexity index is 583. The number of benzene rings is 1. The maximum absolute atomic E-state index is 13.6. The first-order valence-electron chi connectivity index (χ1n) is 6.31. The van der Waals surface area contributed by atoms with E-state index in [4.69, 9.17) is 9.25 Å². The SMILES string of the molecule is CCONC(=O)CCc1ncc(-c2ccccc2F)o1. The largest absolute Gasteiger partial charge is 0.441 e. The van der Waals surface area contributed by atoms with Crippen LogP contribution in [0.5, 0.6) is 0 Å². The zero-order valence-electron chi connectivity index (χ0n) is 11.1. The van der Waals surface area contributed by atoms with Crippen LogP contribution in [0.15, 0.2) is 34.9 Å². The topological polar surface area (TPSA) is 64.4 Å². The van der Waals surface area contributed by atoms with E-state index >= 15 is 0 Å². The molecule has 106 valence electrons. The highest BCUT2D eigenvalue weighted by Gasteiger charge is 2.11. The third-order valence-corrected chi connectivity index (χ3v) is 2.59. The van der Waals surface area contributed by atoms with Gasteiger partial charge in [0.1, 0.15) is 5.82 Å². The highest BCUT2D eigenvalue weighted by atomic mass is 19.1. The third kappa shape index (κ3) is 3.64. The van der Waals surface area contributed by atoms with Crippen molar-refractivity contribution in [1.82, 2.24) is 10.5 Å². The lowest BCUT2D eigenvalue weighted by atomic mass is 10.2. The second-order valence-electron chi connectivity index (χ2n) is 4.06. The molecule has 0 aliphatic rings. The molecule has 0 atom stereocenters. The third-order valence-electron chi connectivity index (χ3n) is 2.59. The van der Waals surface area contributed by atoms with Crippen LogP contribution in [0.25, 0.3) is 11.3 Å². The van der Waals surface area contributed by atoms with E-state index in [0.29, 0.717) is 30.2 Å². The molecule has 1 aromatic carbocycles. The Morgan fingerprint density at radius 1 is 1.45 bits per heavy atom. The molecular formula is C14H15FN2O3. The van der Waals surface area contributed by atoms with E-state index in [-0.39, 0.29) is 18.1 Å². The van der Waals surface area contributed by atoms with Crippen molar-refractivity contribution in [2.45, 2.75) is 19.8 Å². The fraction of sp³-hybridized carbons (Fsp3) is 0.286. The van der Waals surface area contributed by atoms with E-state index in [2.05, 4.69) is 10.5 Å². The van der Waals surface area contributed by atoms with Crippen LogP contribution in [0.2, 0.25) is 0 Å². The lowest BCUT2D eigenvalue weighted by molar-refractivity contribution is -0.133. The summed E-state index contributed by atoms with van der Waals surface area (Å²) in [6, 6.07) is 6.29. The predicted octanol–water partition coefficient (Wildman–Crippen LogP) is 2.48. The van der Waals surface area contributed by atoms with Crippen molar-refractivity contribution in [1.29, 1.82) is 0 Å². The molecule has 0 spiro atoms. The smallest absolute Gasteiger partial charge is 0.244 e. The minimum Gasteiger partial charge on any atom is -0.441 e. The van der Waals surface area contributed by atoms with Crippen LogP contribution < -0.4 is 5.48 Å². The van der Waals surface area contributed by atoms with Crippen LogP contribution in [0.3, 0.4) is 0 Å². The van der Waals surface area contributed by atoms with Crippen LogP contribution >= 0.6 is 0 Å². The number of aryl methyl sites for hydroxylation is 1. The number of halogens is 1.